The van der Waals surface area contributed by atoms with Crippen LogP contribution >= 0.6 is 0 Å². The predicted molar refractivity (Wildman–Crippen MR) is 115 cm³/mol. The van der Waals surface area contributed by atoms with Gasteiger partial charge in [-0.1, -0.05) is 47.1 Å². The van der Waals surface area contributed by atoms with Crippen LogP contribution in [0.15, 0.2) is 59.1 Å². The minimum Gasteiger partial charge on any atom is -0.497 e. The lowest BCUT2D eigenvalue weighted by atomic mass is 10.1. The molecule has 4 rings (SSSR count). The summed E-state index contributed by atoms with van der Waals surface area (Å²) in [6.07, 6.45) is 0.931. The first-order valence-corrected chi connectivity index (χ1v) is 10.3. The van der Waals surface area contributed by atoms with Gasteiger partial charge in [0.1, 0.15) is 11.4 Å². The minimum atomic E-state index is -0.0906. The summed E-state index contributed by atoms with van der Waals surface area (Å²) >= 11 is 0. The van der Waals surface area contributed by atoms with E-state index in [1.807, 2.05) is 48.2 Å². The van der Waals surface area contributed by atoms with E-state index in [0.717, 1.165) is 43.9 Å². The molecular formula is C24H27N3O3. The molecule has 156 valence electrons. The van der Waals surface area contributed by atoms with Crippen molar-refractivity contribution in [1.82, 2.24) is 15.0 Å². The summed E-state index contributed by atoms with van der Waals surface area (Å²) < 4.78 is 10.6. The third-order valence-electron chi connectivity index (χ3n) is 5.51. The van der Waals surface area contributed by atoms with Crippen molar-refractivity contribution in [2.24, 2.45) is 0 Å². The molecule has 1 aliphatic rings. The van der Waals surface area contributed by atoms with Gasteiger partial charge in [-0.3, -0.25) is 9.69 Å². The fraction of sp³-hybridized carbons (Fsp3) is 0.333. The molecule has 0 saturated carbocycles. The molecule has 2 heterocycles. The number of methoxy groups -OCH3 is 1. The van der Waals surface area contributed by atoms with E-state index in [1.165, 1.54) is 11.1 Å². The lowest BCUT2D eigenvalue weighted by Gasteiger charge is -2.21. The number of nitrogens with zero attached hydrogens (tertiary/aromatic N) is 3. The fourth-order valence-electron chi connectivity index (χ4n) is 3.71. The summed E-state index contributed by atoms with van der Waals surface area (Å²) in [5, 5.41) is 4.10. The number of benzene rings is 2. The monoisotopic (exact) mass is 405 g/mol. The van der Waals surface area contributed by atoms with Crippen molar-refractivity contribution in [1.29, 1.82) is 0 Å². The Labute approximate surface area is 177 Å². The van der Waals surface area contributed by atoms with Gasteiger partial charge in [0.15, 0.2) is 0 Å². The first-order valence-electron chi connectivity index (χ1n) is 10.3. The summed E-state index contributed by atoms with van der Waals surface area (Å²) in [5.41, 5.74) is 4.06. The van der Waals surface area contributed by atoms with Crippen LogP contribution in [0, 0.1) is 6.92 Å². The molecule has 3 aromatic rings. The number of carbonyl (C=O) groups is 1. The number of carbonyl (C=O) groups excluding carboxylic acids is 1. The second-order valence-electron chi connectivity index (χ2n) is 7.71. The number of amides is 1. The van der Waals surface area contributed by atoms with Crippen molar-refractivity contribution in [3.05, 3.63) is 71.5 Å². The summed E-state index contributed by atoms with van der Waals surface area (Å²) in [7, 11) is 1.67. The molecule has 0 unspecified atom stereocenters. The highest BCUT2D eigenvalue weighted by molar-refractivity contribution is 5.92. The molecule has 1 fully saturated rings. The zero-order chi connectivity index (χ0) is 20.9. The highest BCUT2D eigenvalue weighted by Gasteiger charge is 2.24. The maximum atomic E-state index is 12.9. The fourth-order valence-corrected chi connectivity index (χ4v) is 3.71. The average Bonchev–Trinajstić information content (AvgIpc) is 3.15. The van der Waals surface area contributed by atoms with Gasteiger partial charge in [0, 0.05) is 44.4 Å². The topological polar surface area (TPSA) is 58.8 Å². The van der Waals surface area contributed by atoms with E-state index >= 15 is 0 Å². The van der Waals surface area contributed by atoms with E-state index < -0.39 is 0 Å². The molecule has 0 radical (unpaired) electrons. The van der Waals surface area contributed by atoms with Crippen LogP contribution in [0.1, 0.15) is 28.1 Å². The Morgan fingerprint density at radius 3 is 2.53 bits per heavy atom. The Hall–Kier alpha value is -3.12. The van der Waals surface area contributed by atoms with E-state index in [4.69, 9.17) is 9.26 Å². The Bertz CT molecular complexity index is 980. The third-order valence-corrected chi connectivity index (χ3v) is 5.51. The Morgan fingerprint density at radius 1 is 1.03 bits per heavy atom. The zero-order valence-corrected chi connectivity index (χ0v) is 17.5. The van der Waals surface area contributed by atoms with E-state index in [1.54, 1.807) is 13.2 Å². The van der Waals surface area contributed by atoms with Crippen LogP contribution in [-0.4, -0.2) is 54.2 Å². The standard InChI is InChI=1S/C24H27N3O3/c1-18-4-8-20(9-5-18)22-16-23(30-25-22)24(28)27-13-3-12-26(14-15-27)17-19-6-10-21(29-2)11-7-19/h4-11,16H,3,12-15,17H2,1-2H3. The molecule has 2 aromatic carbocycles. The quantitative estimate of drug-likeness (QED) is 0.642. The lowest BCUT2D eigenvalue weighted by molar-refractivity contribution is 0.0719. The highest BCUT2D eigenvalue weighted by atomic mass is 16.5. The second-order valence-corrected chi connectivity index (χ2v) is 7.71. The van der Waals surface area contributed by atoms with Gasteiger partial charge in [-0.2, -0.15) is 0 Å². The number of rotatable bonds is 5. The normalized spacial score (nSPS) is 15.1. The van der Waals surface area contributed by atoms with Gasteiger partial charge in [-0.15, -0.1) is 0 Å². The van der Waals surface area contributed by atoms with Crippen molar-refractivity contribution in [2.75, 3.05) is 33.3 Å². The van der Waals surface area contributed by atoms with Gasteiger partial charge >= 0.3 is 0 Å². The molecule has 1 aromatic heterocycles. The van der Waals surface area contributed by atoms with Crippen molar-refractivity contribution in [2.45, 2.75) is 19.9 Å². The van der Waals surface area contributed by atoms with Crippen molar-refractivity contribution < 1.29 is 14.1 Å². The highest BCUT2D eigenvalue weighted by Crippen LogP contribution is 2.21. The molecular weight excluding hydrogens is 378 g/mol. The lowest BCUT2D eigenvalue weighted by Crippen LogP contribution is -2.34. The van der Waals surface area contributed by atoms with Crippen LogP contribution in [0.5, 0.6) is 5.75 Å². The number of aryl methyl sites for hydroxylation is 1. The Balaban J connectivity index is 1.37. The van der Waals surface area contributed by atoms with Gasteiger partial charge in [-0.25, -0.2) is 0 Å². The molecule has 0 atom stereocenters. The molecule has 6 nitrogen and oxygen atoms in total. The summed E-state index contributed by atoms with van der Waals surface area (Å²) in [6, 6.07) is 17.9. The molecule has 30 heavy (non-hydrogen) atoms. The molecule has 0 N–H and O–H groups in total. The van der Waals surface area contributed by atoms with Gasteiger partial charge in [-0.05, 0) is 31.0 Å². The van der Waals surface area contributed by atoms with E-state index in [0.29, 0.717) is 18.0 Å². The SMILES string of the molecule is COc1ccc(CN2CCCN(C(=O)c3cc(-c4ccc(C)cc4)no3)CC2)cc1. The van der Waals surface area contributed by atoms with Crippen LogP contribution in [0.4, 0.5) is 0 Å². The van der Waals surface area contributed by atoms with Crippen LogP contribution in [-0.2, 0) is 6.54 Å². The van der Waals surface area contributed by atoms with Gasteiger partial charge in [0.2, 0.25) is 5.76 Å². The zero-order valence-electron chi connectivity index (χ0n) is 17.5. The van der Waals surface area contributed by atoms with Gasteiger partial charge < -0.3 is 14.2 Å². The predicted octanol–water partition coefficient (Wildman–Crippen LogP) is 4.01. The van der Waals surface area contributed by atoms with Crippen LogP contribution in [0.25, 0.3) is 11.3 Å². The Morgan fingerprint density at radius 2 is 1.80 bits per heavy atom. The van der Waals surface area contributed by atoms with E-state index in [-0.39, 0.29) is 5.91 Å². The third kappa shape index (κ3) is 4.71. The summed E-state index contributed by atoms with van der Waals surface area (Å²) in [5.74, 6) is 1.07. The number of aromatic nitrogens is 1. The van der Waals surface area contributed by atoms with Crippen LogP contribution in [0.2, 0.25) is 0 Å². The number of ether oxygens (including phenoxy) is 1. The smallest absolute Gasteiger partial charge is 0.292 e. The minimum absolute atomic E-state index is 0.0906. The molecule has 6 heteroatoms. The van der Waals surface area contributed by atoms with Crippen molar-refractivity contribution in [3.8, 4) is 17.0 Å². The van der Waals surface area contributed by atoms with Crippen LogP contribution in [0.3, 0.4) is 0 Å². The Kier molecular flexibility index (Phi) is 6.14. The van der Waals surface area contributed by atoms with Crippen molar-refractivity contribution >= 4 is 5.91 Å². The maximum absolute atomic E-state index is 12.9. The molecule has 0 aliphatic carbocycles. The first-order chi connectivity index (χ1) is 14.6. The van der Waals surface area contributed by atoms with Gasteiger partial charge in [0.05, 0.1) is 7.11 Å². The van der Waals surface area contributed by atoms with E-state index in [2.05, 4.69) is 22.2 Å². The molecule has 1 amide bonds. The largest absolute Gasteiger partial charge is 0.497 e. The summed E-state index contributed by atoms with van der Waals surface area (Å²) in [6.45, 7) is 6.09. The first kappa shape index (κ1) is 20.2. The maximum Gasteiger partial charge on any atom is 0.292 e. The van der Waals surface area contributed by atoms with Crippen LogP contribution < -0.4 is 4.74 Å². The number of hydrogen-bond acceptors (Lipinski definition) is 5. The second kappa shape index (κ2) is 9.13. The molecule has 0 bridgehead atoms. The average molecular weight is 405 g/mol. The van der Waals surface area contributed by atoms with Crippen molar-refractivity contribution in [3.63, 3.8) is 0 Å². The summed E-state index contributed by atoms with van der Waals surface area (Å²) in [4.78, 5) is 17.2. The molecule has 1 saturated heterocycles. The number of hydrogen-bond donors (Lipinski definition) is 0. The van der Waals surface area contributed by atoms with Gasteiger partial charge in [0.25, 0.3) is 5.91 Å². The molecule has 1 aliphatic heterocycles. The molecule has 0 spiro atoms. The van der Waals surface area contributed by atoms with E-state index in [9.17, 15) is 4.79 Å².